The van der Waals surface area contributed by atoms with E-state index in [1.807, 2.05) is 0 Å². The van der Waals surface area contributed by atoms with Crippen LogP contribution in [-0.4, -0.2) is 45.5 Å². The Hall–Kier alpha value is -0.0500. The second-order valence-corrected chi connectivity index (χ2v) is 10.8. The minimum atomic E-state index is -3.11. The third kappa shape index (κ3) is 7.06. The van der Waals surface area contributed by atoms with Crippen LogP contribution in [0.15, 0.2) is 4.99 Å². The van der Waals surface area contributed by atoms with Gasteiger partial charge < -0.3 is 10.6 Å². The number of nitrogens with one attached hydrogen (secondary N) is 2. The fourth-order valence-electron chi connectivity index (χ4n) is 3.36. The van der Waals surface area contributed by atoms with E-state index in [-0.39, 0.29) is 24.0 Å². The summed E-state index contributed by atoms with van der Waals surface area (Å²) in [5.74, 6) is 1.38. The van der Waals surface area contributed by atoms with Gasteiger partial charge in [0.1, 0.15) is 0 Å². The maximum absolute atomic E-state index is 11.8. The Morgan fingerprint density at radius 1 is 1.21 bits per heavy atom. The first-order valence-corrected chi connectivity index (χ1v) is 10.5. The number of rotatable bonds is 7. The SMILES string of the molecule is CN=C(NCC1(CC(C)C)CCCC1)NCC(C)(C)S(C)(=O)=O.I. The van der Waals surface area contributed by atoms with E-state index < -0.39 is 14.6 Å². The summed E-state index contributed by atoms with van der Waals surface area (Å²) in [6.07, 6.45) is 7.66. The Morgan fingerprint density at radius 3 is 2.17 bits per heavy atom. The summed E-state index contributed by atoms with van der Waals surface area (Å²) in [7, 11) is -1.38. The molecule has 144 valence electrons. The highest BCUT2D eigenvalue weighted by Gasteiger charge is 2.35. The fraction of sp³-hybridized carbons (Fsp3) is 0.941. The highest BCUT2D eigenvalue weighted by atomic mass is 127. The quantitative estimate of drug-likeness (QED) is 0.339. The average Bonchev–Trinajstić information content (AvgIpc) is 2.85. The lowest BCUT2D eigenvalue weighted by atomic mass is 9.78. The summed E-state index contributed by atoms with van der Waals surface area (Å²) in [6, 6.07) is 0. The van der Waals surface area contributed by atoms with Crippen LogP contribution in [0, 0.1) is 11.3 Å². The molecule has 1 saturated carbocycles. The molecule has 0 aromatic rings. The van der Waals surface area contributed by atoms with Crippen molar-refractivity contribution >= 4 is 39.8 Å². The molecule has 1 aliphatic carbocycles. The van der Waals surface area contributed by atoms with Gasteiger partial charge in [-0.05, 0) is 44.4 Å². The second-order valence-electron chi connectivity index (χ2n) is 8.12. The zero-order chi connectivity index (χ0) is 17.7. The number of hydrogen-bond donors (Lipinski definition) is 2. The molecule has 0 bridgehead atoms. The summed E-state index contributed by atoms with van der Waals surface area (Å²) >= 11 is 0. The molecule has 0 amide bonds. The van der Waals surface area contributed by atoms with E-state index in [0.29, 0.717) is 23.8 Å². The van der Waals surface area contributed by atoms with Crippen LogP contribution in [-0.2, 0) is 9.84 Å². The number of sulfone groups is 1. The van der Waals surface area contributed by atoms with E-state index >= 15 is 0 Å². The summed E-state index contributed by atoms with van der Waals surface area (Å²) in [4.78, 5) is 4.24. The van der Waals surface area contributed by atoms with Crippen molar-refractivity contribution in [2.75, 3.05) is 26.4 Å². The van der Waals surface area contributed by atoms with Gasteiger partial charge in [-0.15, -0.1) is 24.0 Å². The van der Waals surface area contributed by atoms with Crippen LogP contribution in [0.25, 0.3) is 0 Å². The molecule has 2 N–H and O–H groups in total. The lowest BCUT2D eigenvalue weighted by Crippen LogP contribution is -2.49. The Balaban J connectivity index is 0.00000529. The number of halogens is 1. The maximum Gasteiger partial charge on any atom is 0.191 e. The van der Waals surface area contributed by atoms with Crippen LogP contribution >= 0.6 is 24.0 Å². The number of aliphatic imine (C=N–C) groups is 1. The average molecular weight is 473 g/mol. The van der Waals surface area contributed by atoms with E-state index in [9.17, 15) is 8.42 Å². The van der Waals surface area contributed by atoms with Crippen LogP contribution < -0.4 is 10.6 Å². The highest BCUT2D eigenvalue weighted by Crippen LogP contribution is 2.42. The molecule has 0 aliphatic heterocycles. The van der Waals surface area contributed by atoms with Gasteiger partial charge in [0.05, 0.1) is 4.75 Å². The van der Waals surface area contributed by atoms with E-state index in [2.05, 4.69) is 29.5 Å². The lowest BCUT2D eigenvalue weighted by Gasteiger charge is -2.32. The molecule has 0 unspecified atom stereocenters. The first-order valence-electron chi connectivity index (χ1n) is 8.65. The van der Waals surface area contributed by atoms with Gasteiger partial charge in [-0.1, -0.05) is 26.7 Å². The number of nitrogens with zero attached hydrogens (tertiary/aromatic N) is 1. The molecular weight excluding hydrogens is 437 g/mol. The molecule has 0 atom stereocenters. The van der Waals surface area contributed by atoms with Crippen molar-refractivity contribution in [3.05, 3.63) is 0 Å². The fourth-order valence-corrected chi connectivity index (χ4v) is 3.70. The standard InChI is InChI=1S/C17H35N3O2S.HI/c1-14(2)11-17(9-7-8-10-17)13-20-15(18-5)19-12-16(3,4)23(6,21)22;/h14H,7-13H2,1-6H3,(H2,18,19,20);1H. The Kier molecular flexibility index (Phi) is 9.57. The van der Waals surface area contributed by atoms with Gasteiger partial charge in [-0.2, -0.15) is 0 Å². The third-order valence-corrected chi connectivity index (χ3v) is 7.20. The van der Waals surface area contributed by atoms with Gasteiger partial charge in [0.2, 0.25) is 0 Å². The normalized spacial score (nSPS) is 18.4. The molecule has 1 aliphatic rings. The van der Waals surface area contributed by atoms with Crippen LogP contribution in [0.3, 0.4) is 0 Å². The summed E-state index contributed by atoms with van der Waals surface area (Å²) < 4.78 is 22.8. The number of guanidine groups is 1. The molecular formula is C17H36IN3O2S. The summed E-state index contributed by atoms with van der Waals surface area (Å²) in [6.45, 7) is 9.29. The topological polar surface area (TPSA) is 70.6 Å². The zero-order valence-electron chi connectivity index (χ0n) is 16.1. The summed E-state index contributed by atoms with van der Waals surface area (Å²) in [5, 5.41) is 6.60. The molecule has 0 spiro atoms. The monoisotopic (exact) mass is 473 g/mol. The zero-order valence-corrected chi connectivity index (χ0v) is 19.3. The Bertz CT molecular complexity index is 510. The van der Waals surface area contributed by atoms with Crippen molar-refractivity contribution in [1.82, 2.24) is 10.6 Å². The van der Waals surface area contributed by atoms with E-state index in [0.717, 1.165) is 6.54 Å². The van der Waals surface area contributed by atoms with Crippen molar-refractivity contribution in [3.8, 4) is 0 Å². The smallest absolute Gasteiger partial charge is 0.191 e. The molecule has 1 fully saturated rings. The first-order chi connectivity index (χ1) is 10.5. The molecule has 0 heterocycles. The van der Waals surface area contributed by atoms with Gasteiger partial charge in [-0.3, -0.25) is 4.99 Å². The summed E-state index contributed by atoms with van der Waals surface area (Å²) in [5.41, 5.74) is 0.359. The Morgan fingerprint density at radius 2 is 1.75 bits per heavy atom. The minimum Gasteiger partial charge on any atom is -0.356 e. The lowest BCUT2D eigenvalue weighted by molar-refractivity contribution is 0.234. The highest BCUT2D eigenvalue weighted by molar-refractivity contribution is 14.0. The van der Waals surface area contributed by atoms with Gasteiger partial charge >= 0.3 is 0 Å². The van der Waals surface area contributed by atoms with E-state index in [1.165, 1.54) is 38.4 Å². The van der Waals surface area contributed by atoms with E-state index in [1.54, 1.807) is 20.9 Å². The molecule has 0 aromatic heterocycles. The van der Waals surface area contributed by atoms with Gasteiger partial charge in [-0.25, -0.2) is 8.42 Å². The molecule has 0 saturated heterocycles. The second kappa shape index (κ2) is 9.59. The van der Waals surface area contributed by atoms with Crippen molar-refractivity contribution in [1.29, 1.82) is 0 Å². The molecule has 5 nitrogen and oxygen atoms in total. The van der Waals surface area contributed by atoms with Gasteiger partial charge in [0.15, 0.2) is 15.8 Å². The van der Waals surface area contributed by atoms with Crippen molar-refractivity contribution in [2.45, 2.75) is 64.5 Å². The predicted molar refractivity (Wildman–Crippen MR) is 114 cm³/mol. The first kappa shape index (κ1) is 23.9. The van der Waals surface area contributed by atoms with Crippen molar-refractivity contribution in [2.24, 2.45) is 16.3 Å². The van der Waals surface area contributed by atoms with Crippen LogP contribution in [0.1, 0.15) is 59.8 Å². The van der Waals surface area contributed by atoms with Gasteiger partial charge in [0.25, 0.3) is 0 Å². The van der Waals surface area contributed by atoms with Crippen LogP contribution in [0.4, 0.5) is 0 Å². The van der Waals surface area contributed by atoms with Crippen molar-refractivity contribution < 1.29 is 8.42 Å². The molecule has 0 aromatic carbocycles. The van der Waals surface area contributed by atoms with E-state index in [4.69, 9.17) is 0 Å². The molecule has 24 heavy (non-hydrogen) atoms. The number of hydrogen-bond acceptors (Lipinski definition) is 3. The Labute approximate surface area is 165 Å². The maximum atomic E-state index is 11.8. The van der Waals surface area contributed by atoms with Crippen molar-refractivity contribution in [3.63, 3.8) is 0 Å². The van der Waals surface area contributed by atoms with Gasteiger partial charge in [0, 0.05) is 26.4 Å². The largest absolute Gasteiger partial charge is 0.356 e. The minimum absolute atomic E-state index is 0. The third-order valence-electron chi connectivity index (χ3n) is 5.05. The van der Waals surface area contributed by atoms with Crippen LogP contribution in [0.5, 0.6) is 0 Å². The van der Waals surface area contributed by atoms with Crippen LogP contribution in [0.2, 0.25) is 0 Å². The molecule has 1 rings (SSSR count). The predicted octanol–water partition coefficient (Wildman–Crippen LogP) is 3.20. The molecule has 7 heteroatoms. The molecule has 0 radical (unpaired) electrons.